The van der Waals surface area contributed by atoms with Gasteiger partial charge in [-0.2, -0.15) is 9.61 Å². The normalized spacial score (nSPS) is 22.7. The topological polar surface area (TPSA) is 49.6 Å². The maximum atomic E-state index is 13.9. The number of hydrogen-bond acceptors (Lipinski definition) is 5. The minimum absolute atomic E-state index is 0.220. The molecule has 0 aromatic carbocycles. The van der Waals surface area contributed by atoms with Crippen molar-refractivity contribution in [1.29, 1.82) is 0 Å². The molecule has 0 aliphatic carbocycles. The second kappa shape index (κ2) is 5.74. The number of aromatic nitrogens is 4. The minimum Gasteiger partial charge on any atom is -0.348 e. The first-order valence-electron chi connectivity index (χ1n) is 9.02. The van der Waals surface area contributed by atoms with Crippen LogP contribution < -0.4 is 4.90 Å². The Morgan fingerprint density at radius 3 is 2.73 bits per heavy atom. The van der Waals surface area contributed by atoms with Gasteiger partial charge in [0.15, 0.2) is 5.65 Å². The van der Waals surface area contributed by atoms with E-state index in [-0.39, 0.29) is 5.82 Å². The van der Waals surface area contributed by atoms with Crippen LogP contribution in [-0.2, 0) is 6.54 Å². The Hall–Kier alpha value is -2.54. The predicted octanol–water partition coefficient (Wildman–Crippen LogP) is 2.34. The predicted molar refractivity (Wildman–Crippen MR) is 96.6 cm³/mol. The zero-order valence-corrected chi connectivity index (χ0v) is 14.9. The van der Waals surface area contributed by atoms with E-state index in [9.17, 15) is 4.39 Å². The van der Waals surface area contributed by atoms with Gasteiger partial charge >= 0.3 is 0 Å². The minimum atomic E-state index is -0.220. The van der Waals surface area contributed by atoms with Crippen LogP contribution in [0, 0.1) is 19.7 Å². The fourth-order valence-electron chi connectivity index (χ4n) is 4.33. The summed E-state index contributed by atoms with van der Waals surface area (Å²) in [5.74, 6) is 0.896. The van der Waals surface area contributed by atoms with Gasteiger partial charge in [0.2, 0.25) is 0 Å². The van der Waals surface area contributed by atoms with Crippen molar-refractivity contribution in [2.45, 2.75) is 38.9 Å². The van der Waals surface area contributed by atoms with Gasteiger partial charge in [0.1, 0.15) is 11.6 Å². The van der Waals surface area contributed by atoms with E-state index in [1.165, 1.54) is 12.5 Å². The number of aryl methyl sites for hydroxylation is 2. The summed E-state index contributed by atoms with van der Waals surface area (Å²) in [6, 6.07) is 8.10. The first-order chi connectivity index (χ1) is 12.6. The van der Waals surface area contributed by atoms with Crippen molar-refractivity contribution in [2.24, 2.45) is 0 Å². The van der Waals surface area contributed by atoms with Crippen LogP contribution in [0.3, 0.4) is 0 Å². The highest BCUT2D eigenvalue weighted by atomic mass is 19.1. The average Bonchev–Trinajstić information content (AvgIpc) is 2.97. The Bertz CT molecular complexity index is 971. The van der Waals surface area contributed by atoms with E-state index in [1.54, 1.807) is 12.3 Å². The highest BCUT2D eigenvalue weighted by molar-refractivity contribution is 5.55. The fourth-order valence-corrected chi connectivity index (χ4v) is 4.33. The Morgan fingerprint density at radius 1 is 1.15 bits per heavy atom. The lowest BCUT2D eigenvalue weighted by Crippen LogP contribution is -2.69. The van der Waals surface area contributed by atoms with E-state index < -0.39 is 0 Å². The Balaban J connectivity index is 1.39. The summed E-state index contributed by atoms with van der Waals surface area (Å²) in [4.78, 5) is 13.5. The molecule has 3 saturated heterocycles. The zero-order chi connectivity index (χ0) is 17.8. The van der Waals surface area contributed by atoms with E-state index in [1.807, 2.05) is 24.4 Å². The molecule has 6 nitrogen and oxygen atoms in total. The van der Waals surface area contributed by atoms with E-state index >= 15 is 0 Å². The lowest BCUT2D eigenvalue weighted by atomic mass is 9.87. The van der Waals surface area contributed by atoms with Gasteiger partial charge in [0, 0.05) is 55.7 Å². The first-order valence-corrected chi connectivity index (χ1v) is 9.02. The molecule has 6 heterocycles. The summed E-state index contributed by atoms with van der Waals surface area (Å²) in [7, 11) is 0. The molecule has 3 fully saturated rings. The van der Waals surface area contributed by atoms with Gasteiger partial charge in [-0.1, -0.05) is 0 Å². The molecule has 2 unspecified atom stereocenters. The molecule has 0 radical (unpaired) electrons. The van der Waals surface area contributed by atoms with Crippen LogP contribution in [0.15, 0.2) is 30.5 Å². The maximum Gasteiger partial charge on any atom is 0.157 e. The van der Waals surface area contributed by atoms with E-state index in [2.05, 4.69) is 30.9 Å². The molecule has 3 aliphatic rings. The van der Waals surface area contributed by atoms with Crippen molar-refractivity contribution in [3.05, 3.63) is 53.4 Å². The second-order valence-electron chi connectivity index (χ2n) is 7.39. The number of rotatable bonds is 3. The summed E-state index contributed by atoms with van der Waals surface area (Å²) in [6.45, 7) is 6.41. The van der Waals surface area contributed by atoms with Gasteiger partial charge in [-0.15, -0.1) is 0 Å². The van der Waals surface area contributed by atoms with Crippen LogP contribution >= 0.6 is 0 Å². The molecule has 0 saturated carbocycles. The number of fused-ring (bicyclic) bond motifs is 3. The smallest absolute Gasteiger partial charge is 0.157 e. The third-order valence-electron chi connectivity index (χ3n) is 5.40. The number of halogens is 1. The molecule has 26 heavy (non-hydrogen) atoms. The fraction of sp³-hybridized carbons (Fsp3) is 0.421. The number of nitrogens with zero attached hydrogens (tertiary/aromatic N) is 6. The van der Waals surface area contributed by atoms with Crippen LogP contribution in [0.1, 0.15) is 23.5 Å². The van der Waals surface area contributed by atoms with Gasteiger partial charge in [0.25, 0.3) is 0 Å². The molecule has 3 aromatic rings. The van der Waals surface area contributed by atoms with Gasteiger partial charge in [-0.3, -0.25) is 9.88 Å². The second-order valence-corrected chi connectivity index (χ2v) is 7.39. The molecule has 3 aromatic heterocycles. The first kappa shape index (κ1) is 15.7. The molecule has 2 atom stereocenters. The third-order valence-corrected chi connectivity index (χ3v) is 5.40. The summed E-state index contributed by atoms with van der Waals surface area (Å²) < 4.78 is 15.9. The molecule has 0 amide bonds. The molecule has 2 bridgehead atoms. The number of piperidine rings is 1. The summed E-state index contributed by atoms with van der Waals surface area (Å²) in [5.41, 5.74) is 3.41. The molecule has 7 heteroatoms. The molecule has 0 spiro atoms. The van der Waals surface area contributed by atoms with Crippen LogP contribution in [0.25, 0.3) is 5.65 Å². The van der Waals surface area contributed by atoms with Crippen molar-refractivity contribution < 1.29 is 4.39 Å². The monoisotopic (exact) mass is 352 g/mol. The van der Waals surface area contributed by atoms with Crippen LogP contribution in [0.4, 0.5) is 10.2 Å². The molecule has 6 rings (SSSR count). The molecule has 0 N–H and O–H groups in total. The quantitative estimate of drug-likeness (QED) is 0.724. The van der Waals surface area contributed by atoms with Crippen LogP contribution in [-0.4, -0.2) is 49.7 Å². The number of piperazine rings is 1. The lowest BCUT2D eigenvalue weighted by Gasteiger charge is -2.57. The van der Waals surface area contributed by atoms with E-state index in [0.29, 0.717) is 24.3 Å². The lowest BCUT2D eigenvalue weighted by molar-refractivity contribution is 0.105. The van der Waals surface area contributed by atoms with E-state index in [4.69, 9.17) is 0 Å². The molecular weight excluding hydrogens is 331 g/mol. The van der Waals surface area contributed by atoms with Crippen molar-refractivity contribution in [3.8, 4) is 0 Å². The number of hydrogen-bond donors (Lipinski definition) is 0. The van der Waals surface area contributed by atoms with Crippen LogP contribution in [0.2, 0.25) is 0 Å². The van der Waals surface area contributed by atoms with Crippen molar-refractivity contribution in [3.63, 3.8) is 0 Å². The van der Waals surface area contributed by atoms with Gasteiger partial charge in [-0.05, 0) is 32.4 Å². The summed E-state index contributed by atoms with van der Waals surface area (Å²) >= 11 is 0. The van der Waals surface area contributed by atoms with Crippen molar-refractivity contribution in [2.75, 3.05) is 18.0 Å². The van der Waals surface area contributed by atoms with Crippen molar-refractivity contribution in [1.82, 2.24) is 24.5 Å². The molecule has 3 aliphatic heterocycles. The Kier molecular flexibility index (Phi) is 3.46. The molecular formula is C19H21FN6. The number of pyridine rings is 1. The zero-order valence-electron chi connectivity index (χ0n) is 14.9. The Labute approximate surface area is 151 Å². The highest BCUT2D eigenvalue weighted by Gasteiger charge is 2.45. The standard InChI is InChI=1S/C19H21FN6/c1-12-7-19(26-18(22-12)6-13(2)23-26)25-14-8-15(25)10-24(9-14)11-17-16(20)4-3-5-21-17/h3-7,14-15H,8-11H2,1-2H3. The number of anilines is 1. The Morgan fingerprint density at radius 2 is 1.96 bits per heavy atom. The summed E-state index contributed by atoms with van der Waals surface area (Å²) in [6.07, 6.45) is 2.83. The highest BCUT2D eigenvalue weighted by Crippen LogP contribution is 2.37. The van der Waals surface area contributed by atoms with Crippen LogP contribution in [0.5, 0.6) is 0 Å². The van der Waals surface area contributed by atoms with Crippen molar-refractivity contribution >= 4 is 11.5 Å². The summed E-state index contributed by atoms with van der Waals surface area (Å²) in [5, 5.41) is 4.62. The van der Waals surface area contributed by atoms with Gasteiger partial charge in [0.05, 0.1) is 11.4 Å². The largest absolute Gasteiger partial charge is 0.348 e. The van der Waals surface area contributed by atoms with Gasteiger partial charge < -0.3 is 4.90 Å². The third kappa shape index (κ3) is 2.46. The maximum absolute atomic E-state index is 13.9. The SMILES string of the molecule is Cc1cc(N2C3CC2CN(Cc2ncccc2F)C3)n2nc(C)cc2n1. The average molecular weight is 352 g/mol. The van der Waals surface area contributed by atoms with E-state index in [0.717, 1.165) is 35.9 Å². The van der Waals surface area contributed by atoms with Gasteiger partial charge in [-0.25, -0.2) is 9.37 Å². The molecule has 134 valence electrons.